The molecule has 16 heavy (non-hydrogen) atoms. The SMILES string of the molecule is CCCCC(CC)CNCCCCCCN. The van der Waals surface area contributed by atoms with Crippen LogP contribution >= 0.6 is 0 Å². The van der Waals surface area contributed by atoms with E-state index in [1.54, 1.807) is 0 Å². The van der Waals surface area contributed by atoms with Gasteiger partial charge in [0.15, 0.2) is 0 Å². The zero-order valence-electron chi connectivity index (χ0n) is 11.4. The predicted octanol–water partition coefficient (Wildman–Crippen LogP) is 3.31. The Morgan fingerprint density at radius 1 is 1.00 bits per heavy atom. The minimum atomic E-state index is 0.850. The smallest absolute Gasteiger partial charge is 0.00206 e. The lowest BCUT2D eigenvalue weighted by atomic mass is 9.99. The molecule has 0 heterocycles. The summed E-state index contributed by atoms with van der Waals surface area (Å²) in [5.74, 6) is 0.893. The molecule has 0 aliphatic rings. The normalized spacial score (nSPS) is 12.9. The summed E-state index contributed by atoms with van der Waals surface area (Å²) in [6, 6.07) is 0. The van der Waals surface area contributed by atoms with Gasteiger partial charge in [0.1, 0.15) is 0 Å². The summed E-state index contributed by atoms with van der Waals surface area (Å²) >= 11 is 0. The van der Waals surface area contributed by atoms with Crippen LogP contribution in [0, 0.1) is 5.92 Å². The average molecular weight is 228 g/mol. The highest BCUT2D eigenvalue weighted by Crippen LogP contribution is 2.11. The maximum absolute atomic E-state index is 5.46. The van der Waals surface area contributed by atoms with Gasteiger partial charge in [0.2, 0.25) is 0 Å². The van der Waals surface area contributed by atoms with Gasteiger partial charge in [0.05, 0.1) is 0 Å². The fraction of sp³-hybridized carbons (Fsp3) is 1.00. The molecule has 2 nitrogen and oxygen atoms in total. The Kier molecular flexibility index (Phi) is 12.9. The van der Waals surface area contributed by atoms with E-state index >= 15 is 0 Å². The first-order valence-corrected chi connectivity index (χ1v) is 7.25. The van der Waals surface area contributed by atoms with Gasteiger partial charge in [0, 0.05) is 0 Å². The second-order valence-electron chi connectivity index (χ2n) is 4.82. The lowest BCUT2D eigenvalue weighted by Crippen LogP contribution is -2.23. The molecule has 0 radical (unpaired) electrons. The molecule has 0 aromatic carbocycles. The van der Waals surface area contributed by atoms with Crippen molar-refractivity contribution in [2.75, 3.05) is 19.6 Å². The monoisotopic (exact) mass is 228 g/mol. The molecule has 0 bridgehead atoms. The second-order valence-corrected chi connectivity index (χ2v) is 4.82. The van der Waals surface area contributed by atoms with Gasteiger partial charge in [-0.15, -0.1) is 0 Å². The van der Waals surface area contributed by atoms with Crippen molar-refractivity contribution in [3.63, 3.8) is 0 Å². The van der Waals surface area contributed by atoms with Gasteiger partial charge in [-0.05, 0) is 44.8 Å². The number of unbranched alkanes of at least 4 members (excludes halogenated alkanes) is 4. The molecule has 0 aliphatic carbocycles. The van der Waals surface area contributed by atoms with E-state index < -0.39 is 0 Å². The predicted molar refractivity (Wildman–Crippen MR) is 73.7 cm³/mol. The lowest BCUT2D eigenvalue weighted by molar-refractivity contribution is 0.416. The molecular formula is C14H32N2. The van der Waals surface area contributed by atoms with Crippen LogP contribution in [0.2, 0.25) is 0 Å². The van der Waals surface area contributed by atoms with E-state index in [0.29, 0.717) is 0 Å². The molecule has 0 rings (SSSR count). The first-order valence-electron chi connectivity index (χ1n) is 7.25. The zero-order valence-corrected chi connectivity index (χ0v) is 11.4. The van der Waals surface area contributed by atoms with Crippen LogP contribution in [0.25, 0.3) is 0 Å². The molecule has 0 aliphatic heterocycles. The Balaban J connectivity index is 3.20. The maximum atomic E-state index is 5.46. The number of nitrogens with two attached hydrogens (primary N) is 1. The maximum Gasteiger partial charge on any atom is -0.00206 e. The van der Waals surface area contributed by atoms with Gasteiger partial charge in [-0.1, -0.05) is 46.0 Å². The summed E-state index contributed by atoms with van der Waals surface area (Å²) in [6.07, 6.45) is 10.6. The largest absolute Gasteiger partial charge is 0.330 e. The van der Waals surface area contributed by atoms with Crippen LogP contribution in [0.1, 0.15) is 65.2 Å². The van der Waals surface area contributed by atoms with E-state index in [1.165, 1.54) is 64.5 Å². The van der Waals surface area contributed by atoms with Gasteiger partial charge < -0.3 is 11.1 Å². The molecule has 0 saturated carbocycles. The number of nitrogens with one attached hydrogen (secondary N) is 1. The third-order valence-corrected chi connectivity index (χ3v) is 3.28. The summed E-state index contributed by atoms with van der Waals surface area (Å²) < 4.78 is 0. The van der Waals surface area contributed by atoms with Crippen molar-refractivity contribution in [2.45, 2.75) is 65.2 Å². The lowest BCUT2D eigenvalue weighted by Gasteiger charge is -2.15. The third-order valence-electron chi connectivity index (χ3n) is 3.28. The van der Waals surface area contributed by atoms with Crippen LogP contribution in [0.5, 0.6) is 0 Å². The Labute approximate surface area is 102 Å². The molecule has 0 saturated heterocycles. The molecule has 1 unspecified atom stereocenters. The van der Waals surface area contributed by atoms with Crippen LogP contribution in [0.4, 0.5) is 0 Å². The van der Waals surface area contributed by atoms with Crippen LogP contribution in [-0.2, 0) is 0 Å². The molecule has 0 fully saturated rings. The van der Waals surface area contributed by atoms with Crippen molar-refractivity contribution in [1.82, 2.24) is 5.32 Å². The molecule has 2 heteroatoms. The van der Waals surface area contributed by atoms with Gasteiger partial charge in [-0.3, -0.25) is 0 Å². The van der Waals surface area contributed by atoms with Crippen molar-refractivity contribution in [3.8, 4) is 0 Å². The standard InChI is InChI=1S/C14H32N2/c1-3-5-10-14(4-2)13-16-12-9-7-6-8-11-15/h14,16H,3-13,15H2,1-2H3. The summed E-state index contributed by atoms with van der Waals surface area (Å²) in [7, 11) is 0. The highest BCUT2D eigenvalue weighted by atomic mass is 14.8. The Hall–Kier alpha value is -0.0800. The van der Waals surface area contributed by atoms with Crippen LogP contribution in [-0.4, -0.2) is 19.6 Å². The van der Waals surface area contributed by atoms with Crippen LogP contribution in [0.15, 0.2) is 0 Å². The molecule has 98 valence electrons. The molecule has 1 atom stereocenters. The molecule has 0 aromatic rings. The quantitative estimate of drug-likeness (QED) is 0.503. The molecular weight excluding hydrogens is 196 g/mol. The van der Waals surface area contributed by atoms with Gasteiger partial charge in [-0.25, -0.2) is 0 Å². The topological polar surface area (TPSA) is 38.0 Å². The summed E-state index contributed by atoms with van der Waals surface area (Å²) in [6.45, 7) is 7.84. The highest BCUT2D eigenvalue weighted by molar-refractivity contribution is 4.61. The van der Waals surface area contributed by atoms with Crippen LogP contribution < -0.4 is 11.1 Å². The highest BCUT2D eigenvalue weighted by Gasteiger charge is 2.04. The van der Waals surface area contributed by atoms with Crippen LogP contribution in [0.3, 0.4) is 0 Å². The summed E-state index contributed by atoms with van der Waals surface area (Å²) in [5.41, 5.74) is 5.46. The summed E-state index contributed by atoms with van der Waals surface area (Å²) in [4.78, 5) is 0. The Morgan fingerprint density at radius 3 is 2.38 bits per heavy atom. The fourth-order valence-corrected chi connectivity index (χ4v) is 2.00. The van der Waals surface area contributed by atoms with E-state index in [1.807, 2.05) is 0 Å². The number of rotatable bonds is 12. The minimum absolute atomic E-state index is 0.850. The van der Waals surface area contributed by atoms with Crippen molar-refractivity contribution >= 4 is 0 Å². The van der Waals surface area contributed by atoms with Crippen molar-refractivity contribution in [1.29, 1.82) is 0 Å². The molecule has 0 aromatic heterocycles. The molecule has 3 N–H and O–H groups in total. The average Bonchev–Trinajstić information content (AvgIpc) is 2.32. The summed E-state index contributed by atoms with van der Waals surface area (Å²) in [5, 5.41) is 3.59. The van der Waals surface area contributed by atoms with Gasteiger partial charge >= 0.3 is 0 Å². The molecule has 0 amide bonds. The van der Waals surface area contributed by atoms with E-state index in [2.05, 4.69) is 19.2 Å². The molecule has 0 spiro atoms. The Bertz CT molecular complexity index is 126. The third kappa shape index (κ3) is 10.4. The van der Waals surface area contributed by atoms with Gasteiger partial charge in [0.25, 0.3) is 0 Å². The number of hydrogen-bond acceptors (Lipinski definition) is 2. The van der Waals surface area contributed by atoms with E-state index in [0.717, 1.165) is 12.5 Å². The van der Waals surface area contributed by atoms with E-state index in [-0.39, 0.29) is 0 Å². The van der Waals surface area contributed by atoms with Crippen molar-refractivity contribution in [3.05, 3.63) is 0 Å². The van der Waals surface area contributed by atoms with Crippen molar-refractivity contribution < 1.29 is 0 Å². The van der Waals surface area contributed by atoms with Gasteiger partial charge in [-0.2, -0.15) is 0 Å². The first kappa shape index (κ1) is 15.9. The number of hydrogen-bond donors (Lipinski definition) is 2. The Morgan fingerprint density at radius 2 is 1.75 bits per heavy atom. The minimum Gasteiger partial charge on any atom is -0.330 e. The second kappa shape index (κ2) is 13.0. The first-order chi connectivity index (χ1) is 7.85. The zero-order chi connectivity index (χ0) is 12.1. The van der Waals surface area contributed by atoms with E-state index in [9.17, 15) is 0 Å². The fourth-order valence-electron chi connectivity index (χ4n) is 2.00. The van der Waals surface area contributed by atoms with Crippen molar-refractivity contribution in [2.24, 2.45) is 11.7 Å². The van der Waals surface area contributed by atoms with E-state index in [4.69, 9.17) is 5.73 Å².